The summed E-state index contributed by atoms with van der Waals surface area (Å²) in [6.07, 6.45) is 6.58. The Morgan fingerprint density at radius 3 is 2.60 bits per heavy atom. The number of carbonyl (C=O) groups is 1. The van der Waals surface area contributed by atoms with Gasteiger partial charge in [0.25, 0.3) is 0 Å². The van der Waals surface area contributed by atoms with Gasteiger partial charge in [0.05, 0.1) is 0 Å². The van der Waals surface area contributed by atoms with Gasteiger partial charge in [-0.1, -0.05) is 25.5 Å². The second kappa shape index (κ2) is 5.94. The molecule has 0 atom stereocenters. The van der Waals surface area contributed by atoms with E-state index in [4.69, 9.17) is 0 Å². The maximum absolute atomic E-state index is 11.7. The molecule has 0 saturated heterocycles. The standard InChI is InChI=1S/C11H17NO.C2H6/c1-9-4-6-12(7-5-9)11(13)8-10-2-3-10;1-2/h4,10H,2-3,5-8H2,1H3;1-2H3. The van der Waals surface area contributed by atoms with Gasteiger partial charge in [-0.3, -0.25) is 4.79 Å². The Morgan fingerprint density at radius 1 is 1.47 bits per heavy atom. The molecule has 15 heavy (non-hydrogen) atoms. The first kappa shape index (κ1) is 12.3. The van der Waals surface area contributed by atoms with Gasteiger partial charge in [0.2, 0.25) is 5.91 Å². The smallest absolute Gasteiger partial charge is 0.223 e. The normalized spacial score (nSPS) is 20.2. The fourth-order valence-corrected chi connectivity index (χ4v) is 1.70. The molecule has 1 aliphatic carbocycles. The van der Waals surface area contributed by atoms with E-state index in [9.17, 15) is 4.79 Å². The van der Waals surface area contributed by atoms with Crippen molar-refractivity contribution in [2.75, 3.05) is 13.1 Å². The van der Waals surface area contributed by atoms with Crippen LogP contribution >= 0.6 is 0 Å². The van der Waals surface area contributed by atoms with Crippen LogP contribution in [-0.2, 0) is 4.79 Å². The second-order valence-corrected chi connectivity index (χ2v) is 4.29. The van der Waals surface area contributed by atoms with E-state index in [2.05, 4.69) is 13.0 Å². The van der Waals surface area contributed by atoms with Crippen LogP contribution in [0.1, 0.15) is 46.5 Å². The molecule has 0 aromatic heterocycles. The van der Waals surface area contributed by atoms with E-state index >= 15 is 0 Å². The zero-order valence-corrected chi connectivity index (χ0v) is 10.3. The molecule has 1 fully saturated rings. The Kier molecular flexibility index (Phi) is 4.86. The van der Waals surface area contributed by atoms with Gasteiger partial charge in [0.15, 0.2) is 0 Å². The van der Waals surface area contributed by atoms with Crippen molar-refractivity contribution in [3.05, 3.63) is 11.6 Å². The highest BCUT2D eigenvalue weighted by atomic mass is 16.2. The molecule has 86 valence electrons. The van der Waals surface area contributed by atoms with Crippen LogP contribution in [0.4, 0.5) is 0 Å². The molecule has 0 unspecified atom stereocenters. The van der Waals surface area contributed by atoms with Gasteiger partial charge in [-0.05, 0) is 32.1 Å². The van der Waals surface area contributed by atoms with Gasteiger partial charge >= 0.3 is 0 Å². The molecule has 1 aliphatic heterocycles. The lowest BCUT2D eigenvalue weighted by molar-refractivity contribution is -0.131. The topological polar surface area (TPSA) is 20.3 Å². The molecule has 0 N–H and O–H groups in total. The van der Waals surface area contributed by atoms with Crippen molar-refractivity contribution in [3.63, 3.8) is 0 Å². The summed E-state index contributed by atoms with van der Waals surface area (Å²) in [5.74, 6) is 1.09. The summed E-state index contributed by atoms with van der Waals surface area (Å²) in [7, 11) is 0. The summed E-state index contributed by atoms with van der Waals surface area (Å²) in [6, 6.07) is 0. The van der Waals surface area contributed by atoms with Crippen LogP contribution in [0.2, 0.25) is 0 Å². The Balaban J connectivity index is 0.000000531. The van der Waals surface area contributed by atoms with Crippen molar-refractivity contribution in [1.82, 2.24) is 4.90 Å². The molecule has 2 heteroatoms. The third-order valence-electron chi connectivity index (χ3n) is 2.95. The third-order valence-corrected chi connectivity index (χ3v) is 2.95. The molecule has 0 bridgehead atoms. The summed E-state index contributed by atoms with van der Waals surface area (Å²) in [5.41, 5.74) is 1.43. The first-order chi connectivity index (χ1) is 7.25. The number of nitrogens with zero attached hydrogens (tertiary/aromatic N) is 1. The number of hydrogen-bond donors (Lipinski definition) is 0. The molecule has 1 saturated carbocycles. The molecule has 0 aromatic carbocycles. The van der Waals surface area contributed by atoms with Crippen LogP contribution < -0.4 is 0 Å². The van der Waals surface area contributed by atoms with Gasteiger partial charge in [-0.15, -0.1) is 0 Å². The molecule has 0 radical (unpaired) electrons. The predicted octanol–water partition coefficient (Wildman–Crippen LogP) is 2.99. The molecule has 0 aromatic rings. The maximum atomic E-state index is 11.7. The quantitative estimate of drug-likeness (QED) is 0.640. The zero-order chi connectivity index (χ0) is 11.3. The minimum absolute atomic E-state index is 0.367. The summed E-state index contributed by atoms with van der Waals surface area (Å²) < 4.78 is 0. The van der Waals surface area contributed by atoms with Gasteiger partial charge in [-0.25, -0.2) is 0 Å². The van der Waals surface area contributed by atoms with Crippen LogP contribution in [-0.4, -0.2) is 23.9 Å². The molecule has 1 heterocycles. The highest BCUT2D eigenvalue weighted by Gasteiger charge is 2.27. The van der Waals surface area contributed by atoms with Crippen molar-refractivity contribution in [3.8, 4) is 0 Å². The Morgan fingerprint density at radius 2 is 2.13 bits per heavy atom. The summed E-state index contributed by atoms with van der Waals surface area (Å²) >= 11 is 0. The fraction of sp³-hybridized carbons (Fsp3) is 0.769. The second-order valence-electron chi connectivity index (χ2n) is 4.29. The third kappa shape index (κ3) is 4.06. The van der Waals surface area contributed by atoms with Crippen LogP contribution in [0.3, 0.4) is 0 Å². The van der Waals surface area contributed by atoms with Crippen molar-refractivity contribution >= 4 is 5.91 Å². The largest absolute Gasteiger partial charge is 0.339 e. The van der Waals surface area contributed by atoms with E-state index in [1.165, 1.54) is 18.4 Å². The Bertz CT molecular complexity index is 241. The molecular weight excluding hydrogens is 186 g/mol. The number of hydrogen-bond acceptors (Lipinski definition) is 1. The van der Waals surface area contributed by atoms with Gasteiger partial charge in [-0.2, -0.15) is 0 Å². The van der Waals surface area contributed by atoms with E-state index in [0.717, 1.165) is 31.8 Å². The minimum Gasteiger partial charge on any atom is -0.339 e. The lowest BCUT2D eigenvalue weighted by Crippen LogP contribution is -2.34. The number of carbonyl (C=O) groups excluding carboxylic acids is 1. The van der Waals surface area contributed by atoms with Crippen molar-refractivity contribution < 1.29 is 4.79 Å². The minimum atomic E-state index is 0.367. The molecule has 2 rings (SSSR count). The van der Waals surface area contributed by atoms with E-state index in [1.807, 2.05) is 18.7 Å². The molecule has 0 spiro atoms. The molecule has 2 nitrogen and oxygen atoms in total. The highest BCUT2D eigenvalue weighted by molar-refractivity contribution is 5.77. The van der Waals surface area contributed by atoms with E-state index in [1.54, 1.807) is 0 Å². The zero-order valence-electron chi connectivity index (χ0n) is 10.3. The lowest BCUT2D eigenvalue weighted by Gasteiger charge is -2.25. The van der Waals surface area contributed by atoms with Crippen LogP contribution in [0.5, 0.6) is 0 Å². The monoisotopic (exact) mass is 209 g/mol. The van der Waals surface area contributed by atoms with Gasteiger partial charge in [0, 0.05) is 19.5 Å². The summed E-state index contributed by atoms with van der Waals surface area (Å²) in [6.45, 7) is 7.92. The summed E-state index contributed by atoms with van der Waals surface area (Å²) in [4.78, 5) is 13.6. The average molecular weight is 209 g/mol. The van der Waals surface area contributed by atoms with E-state index in [-0.39, 0.29) is 0 Å². The molecule has 2 aliphatic rings. The van der Waals surface area contributed by atoms with Crippen molar-refractivity contribution in [2.45, 2.75) is 46.5 Å². The highest BCUT2D eigenvalue weighted by Crippen LogP contribution is 2.33. The average Bonchev–Trinajstić information content (AvgIpc) is 3.06. The van der Waals surface area contributed by atoms with Crippen molar-refractivity contribution in [2.24, 2.45) is 5.92 Å². The molecular formula is C13H23NO. The van der Waals surface area contributed by atoms with Crippen LogP contribution in [0.25, 0.3) is 0 Å². The first-order valence-electron chi connectivity index (χ1n) is 6.19. The number of amides is 1. The predicted molar refractivity (Wildman–Crippen MR) is 63.6 cm³/mol. The van der Waals surface area contributed by atoms with Gasteiger partial charge in [0.1, 0.15) is 0 Å². The lowest BCUT2D eigenvalue weighted by atomic mass is 10.1. The van der Waals surface area contributed by atoms with Gasteiger partial charge < -0.3 is 4.90 Å². The van der Waals surface area contributed by atoms with E-state index in [0.29, 0.717) is 5.91 Å². The van der Waals surface area contributed by atoms with Crippen molar-refractivity contribution in [1.29, 1.82) is 0 Å². The summed E-state index contributed by atoms with van der Waals surface area (Å²) in [5, 5.41) is 0. The maximum Gasteiger partial charge on any atom is 0.223 e. The van der Waals surface area contributed by atoms with Crippen LogP contribution in [0.15, 0.2) is 11.6 Å². The Hall–Kier alpha value is -0.790. The Labute approximate surface area is 93.3 Å². The molecule has 1 amide bonds. The van der Waals surface area contributed by atoms with Crippen LogP contribution in [0, 0.1) is 5.92 Å². The van der Waals surface area contributed by atoms with E-state index < -0.39 is 0 Å². The number of rotatable bonds is 2. The fourth-order valence-electron chi connectivity index (χ4n) is 1.70. The first-order valence-corrected chi connectivity index (χ1v) is 6.19. The SMILES string of the molecule is CC.CC1=CCN(C(=O)CC2CC2)CC1.